The fraction of sp³-hybridized carbons (Fsp3) is 0.429. The molecule has 20 heavy (non-hydrogen) atoms. The lowest BCUT2D eigenvalue weighted by molar-refractivity contribution is -0.0956. The van der Waals surface area contributed by atoms with Gasteiger partial charge in [-0.15, -0.1) is 0 Å². The summed E-state index contributed by atoms with van der Waals surface area (Å²) in [6, 6.07) is 5.24. The summed E-state index contributed by atoms with van der Waals surface area (Å²) < 4.78 is 1.38. The van der Waals surface area contributed by atoms with Crippen molar-refractivity contribution in [3.63, 3.8) is 0 Å². The molecule has 1 fully saturated rings. The largest absolute Gasteiger partial charge is 0.387 e. The third-order valence-electron chi connectivity index (χ3n) is 3.91. The van der Waals surface area contributed by atoms with Crippen molar-refractivity contribution in [3.05, 3.63) is 46.5 Å². The molecule has 1 saturated heterocycles. The Bertz CT molecular complexity index is 677. The minimum atomic E-state index is -1.27. The molecule has 0 spiro atoms. The highest BCUT2D eigenvalue weighted by Crippen LogP contribution is 2.31. The smallest absolute Gasteiger partial charge is 0.263 e. The molecule has 0 bridgehead atoms. The van der Waals surface area contributed by atoms with Crippen LogP contribution in [-0.4, -0.2) is 38.3 Å². The molecule has 6 heteroatoms. The maximum absolute atomic E-state index is 12.4. The SMILES string of the molecule is O=c1c(C(O)C2(O)CCNCC2)cnc2ccccn12. The zero-order chi connectivity index (χ0) is 14.2. The van der Waals surface area contributed by atoms with Crippen LogP contribution < -0.4 is 10.9 Å². The summed E-state index contributed by atoms with van der Waals surface area (Å²) in [4.78, 5) is 16.6. The van der Waals surface area contributed by atoms with Crippen LogP contribution in [0, 0.1) is 0 Å². The van der Waals surface area contributed by atoms with Crippen LogP contribution in [0.2, 0.25) is 0 Å². The first kappa shape index (κ1) is 13.2. The Labute approximate surface area is 115 Å². The molecule has 1 aliphatic rings. The molecule has 3 heterocycles. The van der Waals surface area contributed by atoms with Crippen molar-refractivity contribution in [2.75, 3.05) is 13.1 Å². The molecule has 106 valence electrons. The van der Waals surface area contributed by atoms with Crippen LogP contribution in [0.25, 0.3) is 5.65 Å². The van der Waals surface area contributed by atoms with Crippen molar-refractivity contribution < 1.29 is 10.2 Å². The van der Waals surface area contributed by atoms with E-state index in [0.717, 1.165) is 0 Å². The number of hydrogen-bond acceptors (Lipinski definition) is 5. The molecule has 0 aliphatic carbocycles. The Balaban J connectivity index is 2.05. The molecule has 2 aromatic heterocycles. The minimum absolute atomic E-state index is 0.137. The highest BCUT2D eigenvalue weighted by atomic mass is 16.3. The summed E-state index contributed by atoms with van der Waals surface area (Å²) in [6.45, 7) is 1.24. The van der Waals surface area contributed by atoms with Crippen LogP contribution in [0.5, 0.6) is 0 Å². The normalized spacial score (nSPS) is 19.9. The quantitative estimate of drug-likeness (QED) is 0.709. The monoisotopic (exact) mass is 275 g/mol. The van der Waals surface area contributed by atoms with Crippen LogP contribution >= 0.6 is 0 Å². The molecular formula is C14H17N3O3. The van der Waals surface area contributed by atoms with E-state index in [1.807, 2.05) is 0 Å². The molecule has 3 rings (SSSR count). The van der Waals surface area contributed by atoms with Gasteiger partial charge in [-0.2, -0.15) is 0 Å². The highest BCUT2D eigenvalue weighted by molar-refractivity contribution is 5.38. The third kappa shape index (κ3) is 2.11. The fourth-order valence-electron chi connectivity index (χ4n) is 2.65. The van der Waals surface area contributed by atoms with E-state index in [2.05, 4.69) is 10.3 Å². The molecule has 2 aromatic rings. The number of aliphatic hydroxyl groups excluding tert-OH is 1. The van der Waals surface area contributed by atoms with Gasteiger partial charge >= 0.3 is 0 Å². The summed E-state index contributed by atoms with van der Waals surface area (Å²) in [5, 5.41) is 24.1. The Kier molecular flexibility index (Phi) is 3.29. The number of fused-ring (bicyclic) bond motifs is 1. The van der Waals surface area contributed by atoms with Gasteiger partial charge in [0, 0.05) is 12.4 Å². The summed E-state index contributed by atoms with van der Waals surface area (Å²) in [7, 11) is 0. The second kappa shape index (κ2) is 4.97. The third-order valence-corrected chi connectivity index (χ3v) is 3.91. The lowest BCUT2D eigenvalue weighted by Crippen LogP contribution is -2.47. The number of rotatable bonds is 2. The van der Waals surface area contributed by atoms with Crippen molar-refractivity contribution in [2.24, 2.45) is 0 Å². The predicted molar refractivity (Wildman–Crippen MR) is 73.5 cm³/mol. The highest BCUT2D eigenvalue weighted by Gasteiger charge is 2.39. The first-order valence-electron chi connectivity index (χ1n) is 6.69. The summed E-state index contributed by atoms with van der Waals surface area (Å²) in [6.07, 6.45) is 2.56. The lowest BCUT2D eigenvalue weighted by Gasteiger charge is -2.36. The van der Waals surface area contributed by atoms with Gasteiger partial charge in [0.2, 0.25) is 0 Å². The van der Waals surface area contributed by atoms with Gasteiger partial charge in [0.1, 0.15) is 11.8 Å². The molecule has 3 N–H and O–H groups in total. The van der Waals surface area contributed by atoms with Crippen molar-refractivity contribution in [3.8, 4) is 0 Å². The topological polar surface area (TPSA) is 86.9 Å². The van der Waals surface area contributed by atoms with Crippen LogP contribution in [0.15, 0.2) is 35.4 Å². The maximum atomic E-state index is 12.4. The van der Waals surface area contributed by atoms with E-state index < -0.39 is 11.7 Å². The predicted octanol–water partition coefficient (Wildman–Crippen LogP) is -0.158. The number of nitrogens with one attached hydrogen (secondary N) is 1. The van der Waals surface area contributed by atoms with E-state index in [9.17, 15) is 15.0 Å². The molecule has 1 aliphatic heterocycles. The number of hydrogen-bond donors (Lipinski definition) is 3. The number of piperidine rings is 1. The molecule has 0 amide bonds. The number of nitrogens with zero attached hydrogens (tertiary/aromatic N) is 2. The molecular weight excluding hydrogens is 258 g/mol. The van der Waals surface area contributed by atoms with Gasteiger partial charge in [-0.05, 0) is 38.1 Å². The summed E-state index contributed by atoms with van der Waals surface area (Å²) in [5.41, 5.74) is -0.950. The molecule has 1 unspecified atom stereocenters. The van der Waals surface area contributed by atoms with E-state index in [1.165, 1.54) is 10.6 Å². The van der Waals surface area contributed by atoms with Gasteiger partial charge < -0.3 is 15.5 Å². The van der Waals surface area contributed by atoms with Crippen LogP contribution in [0.3, 0.4) is 0 Å². The van der Waals surface area contributed by atoms with Gasteiger partial charge in [-0.3, -0.25) is 9.20 Å². The molecule has 1 atom stereocenters. The van der Waals surface area contributed by atoms with Gasteiger partial charge in [-0.1, -0.05) is 6.07 Å². The van der Waals surface area contributed by atoms with Crippen molar-refractivity contribution in [1.82, 2.24) is 14.7 Å². The summed E-state index contributed by atoms with van der Waals surface area (Å²) in [5.74, 6) is 0. The van der Waals surface area contributed by atoms with Crippen LogP contribution in [0.4, 0.5) is 0 Å². The first-order valence-corrected chi connectivity index (χ1v) is 6.69. The maximum Gasteiger partial charge on any atom is 0.263 e. The van der Waals surface area contributed by atoms with E-state index >= 15 is 0 Å². The van der Waals surface area contributed by atoms with Crippen molar-refractivity contribution in [1.29, 1.82) is 0 Å². The van der Waals surface area contributed by atoms with E-state index in [1.54, 1.807) is 24.4 Å². The van der Waals surface area contributed by atoms with Crippen LogP contribution in [0.1, 0.15) is 24.5 Å². The second-order valence-electron chi connectivity index (χ2n) is 5.20. The van der Waals surface area contributed by atoms with E-state index in [4.69, 9.17) is 0 Å². The molecule has 0 aromatic carbocycles. The summed E-state index contributed by atoms with van der Waals surface area (Å²) >= 11 is 0. The van der Waals surface area contributed by atoms with E-state index in [0.29, 0.717) is 31.6 Å². The fourth-order valence-corrected chi connectivity index (χ4v) is 2.65. The van der Waals surface area contributed by atoms with Gasteiger partial charge in [-0.25, -0.2) is 4.98 Å². The first-order chi connectivity index (χ1) is 9.62. The standard InChI is InChI=1S/C14H17N3O3/c18-12(14(20)4-6-15-7-5-14)10-9-16-11-3-1-2-8-17(11)13(10)19/h1-3,8-9,12,15,18,20H,4-7H2. The number of aliphatic hydroxyl groups is 2. The zero-order valence-corrected chi connectivity index (χ0v) is 11.0. The molecule has 6 nitrogen and oxygen atoms in total. The lowest BCUT2D eigenvalue weighted by atomic mass is 9.84. The van der Waals surface area contributed by atoms with Crippen LogP contribution in [-0.2, 0) is 0 Å². The average Bonchev–Trinajstić information content (AvgIpc) is 2.48. The van der Waals surface area contributed by atoms with Gasteiger partial charge in [0.25, 0.3) is 5.56 Å². The number of aromatic nitrogens is 2. The second-order valence-corrected chi connectivity index (χ2v) is 5.20. The minimum Gasteiger partial charge on any atom is -0.387 e. The van der Waals surface area contributed by atoms with Crippen molar-refractivity contribution >= 4 is 5.65 Å². The Morgan fingerprint density at radius 3 is 2.85 bits per heavy atom. The average molecular weight is 275 g/mol. The van der Waals surface area contributed by atoms with Crippen molar-refractivity contribution in [2.45, 2.75) is 24.5 Å². The van der Waals surface area contributed by atoms with Gasteiger partial charge in [0.15, 0.2) is 0 Å². The Morgan fingerprint density at radius 1 is 1.35 bits per heavy atom. The molecule has 0 saturated carbocycles. The van der Waals surface area contributed by atoms with E-state index in [-0.39, 0.29) is 11.1 Å². The van der Waals surface area contributed by atoms with Gasteiger partial charge in [0.05, 0.1) is 11.2 Å². The molecule has 0 radical (unpaired) electrons. The Morgan fingerprint density at radius 2 is 2.10 bits per heavy atom. The zero-order valence-electron chi connectivity index (χ0n) is 11.0. The number of pyridine rings is 1. The Hall–Kier alpha value is -1.76.